The van der Waals surface area contributed by atoms with E-state index in [1.807, 2.05) is 24.3 Å². The standard InChI is InChI=1S/C17H19ClN2O2/c1-22-16-7-3-2-5-13(16)6-4-12-19-17(21)20-15-10-8-14(18)9-11-15/h2-3,5,7-11H,4,6,12H2,1H3,(H2,19,20,21). The Balaban J connectivity index is 1.72. The molecule has 4 nitrogen and oxygen atoms in total. The van der Waals surface area contributed by atoms with E-state index in [0.717, 1.165) is 24.2 Å². The third kappa shape index (κ3) is 4.97. The second-order valence-electron chi connectivity index (χ2n) is 4.80. The summed E-state index contributed by atoms with van der Waals surface area (Å²) in [5.74, 6) is 0.883. The van der Waals surface area contributed by atoms with Gasteiger partial charge >= 0.3 is 6.03 Å². The van der Waals surface area contributed by atoms with Gasteiger partial charge in [0.15, 0.2) is 0 Å². The Kier molecular flexibility index (Phi) is 6.10. The fraction of sp³-hybridized carbons (Fsp3) is 0.235. The fourth-order valence-corrected chi connectivity index (χ4v) is 2.22. The summed E-state index contributed by atoms with van der Waals surface area (Å²) in [6.45, 7) is 0.595. The number of halogens is 1. The summed E-state index contributed by atoms with van der Waals surface area (Å²) in [6.07, 6.45) is 1.69. The first-order valence-electron chi connectivity index (χ1n) is 7.11. The number of ether oxygens (including phenoxy) is 1. The number of anilines is 1. The van der Waals surface area contributed by atoms with Crippen molar-refractivity contribution in [2.45, 2.75) is 12.8 Å². The maximum atomic E-state index is 11.8. The zero-order valence-electron chi connectivity index (χ0n) is 12.4. The molecule has 0 spiro atoms. The molecule has 0 saturated carbocycles. The molecule has 0 bridgehead atoms. The highest BCUT2D eigenvalue weighted by atomic mass is 35.5. The number of nitrogens with one attached hydrogen (secondary N) is 2. The molecule has 0 aliphatic heterocycles. The minimum atomic E-state index is -0.220. The Morgan fingerprint density at radius 1 is 1.14 bits per heavy atom. The fourth-order valence-electron chi connectivity index (χ4n) is 2.10. The lowest BCUT2D eigenvalue weighted by Gasteiger charge is -2.09. The molecule has 2 rings (SSSR count). The molecule has 0 fully saturated rings. The lowest BCUT2D eigenvalue weighted by atomic mass is 10.1. The first kappa shape index (κ1) is 16.2. The highest BCUT2D eigenvalue weighted by Crippen LogP contribution is 2.18. The topological polar surface area (TPSA) is 50.4 Å². The number of methoxy groups -OCH3 is 1. The zero-order chi connectivity index (χ0) is 15.8. The monoisotopic (exact) mass is 318 g/mol. The van der Waals surface area contributed by atoms with Crippen LogP contribution in [-0.2, 0) is 6.42 Å². The average Bonchev–Trinajstić information content (AvgIpc) is 2.54. The van der Waals surface area contributed by atoms with E-state index in [-0.39, 0.29) is 6.03 Å². The van der Waals surface area contributed by atoms with Gasteiger partial charge in [-0.3, -0.25) is 0 Å². The van der Waals surface area contributed by atoms with E-state index in [4.69, 9.17) is 16.3 Å². The number of benzene rings is 2. The van der Waals surface area contributed by atoms with Crippen molar-refractivity contribution >= 4 is 23.3 Å². The molecule has 0 radical (unpaired) electrons. The Morgan fingerprint density at radius 2 is 1.86 bits per heavy atom. The van der Waals surface area contributed by atoms with Crippen molar-refractivity contribution in [2.24, 2.45) is 0 Å². The Labute approximate surface area is 135 Å². The number of hydrogen-bond donors (Lipinski definition) is 2. The van der Waals surface area contributed by atoms with E-state index in [0.29, 0.717) is 17.3 Å². The molecule has 0 unspecified atom stereocenters. The van der Waals surface area contributed by atoms with Gasteiger partial charge in [-0.2, -0.15) is 0 Å². The minimum Gasteiger partial charge on any atom is -0.496 e. The summed E-state index contributed by atoms with van der Waals surface area (Å²) in [6, 6.07) is 14.7. The molecule has 5 heteroatoms. The number of carbonyl (C=O) groups is 1. The van der Waals surface area contributed by atoms with Gasteiger partial charge < -0.3 is 15.4 Å². The third-order valence-corrected chi connectivity index (χ3v) is 3.46. The van der Waals surface area contributed by atoms with Crippen LogP contribution in [-0.4, -0.2) is 19.7 Å². The second kappa shape index (κ2) is 8.29. The van der Waals surface area contributed by atoms with Gasteiger partial charge in [0.2, 0.25) is 0 Å². The van der Waals surface area contributed by atoms with Crippen LogP contribution in [0.4, 0.5) is 10.5 Å². The SMILES string of the molecule is COc1ccccc1CCCNC(=O)Nc1ccc(Cl)cc1. The highest BCUT2D eigenvalue weighted by Gasteiger charge is 2.03. The predicted octanol–water partition coefficient (Wildman–Crippen LogP) is 4.10. The van der Waals surface area contributed by atoms with E-state index in [2.05, 4.69) is 10.6 Å². The molecule has 2 aromatic carbocycles. The number of aryl methyl sites for hydroxylation is 1. The molecular formula is C17H19ClN2O2. The van der Waals surface area contributed by atoms with E-state index in [9.17, 15) is 4.79 Å². The van der Waals surface area contributed by atoms with Crippen LogP contribution in [0.25, 0.3) is 0 Å². The van der Waals surface area contributed by atoms with Crippen LogP contribution in [0.5, 0.6) is 5.75 Å². The van der Waals surface area contributed by atoms with Crippen molar-refractivity contribution in [3.63, 3.8) is 0 Å². The molecular weight excluding hydrogens is 300 g/mol. The van der Waals surface area contributed by atoms with Gasteiger partial charge in [0.05, 0.1) is 7.11 Å². The van der Waals surface area contributed by atoms with Crippen molar-refractivity contribution in [1.82, 2.24) is 5.32 Å². The van der Waals surface area contributed by atoms with Crippen LogP contribution in [0, 0.1) is 0 Å². The number of urea groups is 1. The number of para-hydroxylation sites is 1. The van der Waals surface area contributed by atoms with E-state index < -0.39 is 0 Å². The minimum absolute atomic E-state index is 0.220. The van der Waals surface area contributed by atoms with Gasteiger partial charge in [-0.1, -0.05) is 29.8 Å². The van der Waals surface area contributed by atoms with E-state index in [1.54, 1.807) is 31.4 Å². The first-order chi connectivity index (χ1) is 10.7. The summed E-state index contributed by atoms with van der Waals surface area (Å²) < 4.78 is 5.30. The maximum Gasteiger partial charge on any atom is 0.319 e. The van der Waals surface area contributed by atoms with Crippen LogP contribution in [0.1, 0.15) is 12.0 Å². The van der Waals surface area contributed by atoms with E-state index >= 15 is 0 Å². The molecule has 0 saturated heterocycles. The molecule has 2 aromatic rings. The molecule has 116 valence electrons. The van der Waals surface area contributed by atoms with Crippen molar-refractivity contribution < 1.29 is 9.53 Å². The predicted molar refractivity (Wildman–Crippen MR) is 89.8 cm³/mol. The second-order valence-corrected chi connectivity index (χ2v) is 5.24. The number of amides is 2. The van der Waals surface area contributed by atoms with Crippen LogP contribution in [0.3, 0.4) is 0 Å². The quantitative estimate of drug-likeness (QED) is 0.788. The summed E-state index contributed by atoms with van der Waals surface area (Å²) in [7, 11) is 1.66. The maximum absolute atomic E-state index is 11.8. The smallest absolute Gasteiger partial charge is 0.319 e. The summed E-state index contributed by atoms with van der Waals surface area (Å²) >= 11 is 5.79. The molecule has 0 heterocycles. The molecule has 0 atom stereocenters. The Bertz CT molecular complexity index is 614. The third-order valence-electron chi connectivity index (χ3n) is 3.20. The number of carbonyl (C=O) groups excluding carboxylic acids is 1. The van der Waals surface area contributed by atoms with Crippen LogP contribution >= 0.6 is 11.6 Å². The van der Waals surface area contributed by atoms with Gasteiger partial charge in [0.1, 0.15) is 5.75 Å². The highest BCUT2D eigenvalue weighted by molar-refractivity contribution is 6.30. The Hall–Kier alpha value is -2.20. The van der Waals surface area contributed by atoms with Crippen LogP contribution in [0.15, 0.2) is 48.5 Å². The summed E-state index contributed by atoms with van der Waals surface area (Å²) in [4.78, 5) is 11.8. The van der Waals surface area contributed by atoms with Crippen LogP contribution < -0.4 is 15.4 Å². The summed E-state index contributed by atoms with van der Waals surface area (Å²) in [5.41, 5.74) is 1.86. The van der Waals surface area contributed by atoms with Crippen LogP contribution in [0.2, 0.25) is 5.02 Å². The first-order valence-corrected chi connectivity index (χ1v) is 7.49. The summed E-state index contributed by atoms with van der Waals surface area (Å²) in [5, 5.41) is 6.23. The largest absolute Gasteiger partial charge is 0.496 e. The normalized spacial score (nSPS) is 10.1. The van der Waals surface area contributed by atoms with Crippen molar-refractivity contribution in [2.75, 3.05) is 19.0 Å². The molecule has 2 amide bonds. The zero-order valence-corrected chi connectivity index (χ0v) is 13.2. The van der Waals surface area contributed by atoms with E-state index in [1.165, 1.54) is 0 Å². The molecule has 0 aliphatic carbocycles. The average molecular weight is 319 g/mol. The van der Waals surface area contributed by atoms with Crippen molar-refractivity contribution in [3.8, 4) is 5.75 Å². The Morgan fingerprint density at radius 3 is 2.59 bits per heavy atom. The van der Waals surface area contributed by atoms with Crippen molar-refractivity contribution in [3.05, 3.63) is 59.1 Å². The van der Waals surface area contributed by atoms with Gasteiger partial charge in [-0.25, -0.2) is 4.79 Å². The molecule has 2 N–H and O–H groups in total. The van der Waals surface area contributed by atoms with Gasteiger partial charge in [0, 0.05) is 17.3 Å². The number of hydrogen-bond acceptors (Lipinski definition) is 2. The van der Waals surface area contributed by atoms with Gasteiger partial charge in [-0.15, -0.1) is 0 Å². The lowest BCUT2D eigenvalue weighted by Crippen LogP contribution is -2.29. The van der Waals surface area contributed by atoms with Gasteiger partial charge in [-0.05, 0) is 48.7 Å². The molecule has 0 aromatic heterocycles. The van der Waals surface area contributed by atoms with Crippen molar-refractivity contribution in [1.29, 1.82) is 0 Å². The number of rotatable bonds is 6. The lowest BCUT2D eigenvalue weighted by molar-refractivity contribution is 0.252. The molecule has 22 heavy (non-hydrogen) atoms. The molecule has 0 aliphatic rings. The van der Waals surface area contributed by atoms with Gasteiger partial charge in [0.25, 0.3) is 0 Å².